The first-order chi connectivity index (χ1) is 38.2. The number of carbonyl (C=O) groups excluding carboxylic acids is 3. The Hall–Kier alpha value is -4.59. The van der Waals surface area contributed by atoms with Crippen LogP contribution in [-0.4, -0.2) is 141 Å². The largest absolute Gasteiger partial charge is 0.462 e. The van der Waals surface area contributed by atoms with E-state index in [0.29, 0.717) is 66.7 Å². The second-order valence-electron chi connectivity index (χ2n) is 23.8. The number of allylic oxidation sites excluding steroid dienone is 2. The smallest absolute Gasteiger partial charge is 0.338 e. The van der Waals surface area contributed by atoms with Crippen molar-refractivity contribution in [2.24, 2.45) is 23.7 Å². The molecule has 20 atom stereocenters. The van der Waals surface area contributed by atoms with Crippen molar-refractivity contribution >= 4 is 17.9 Å². The topological polar surface area (TPSA) is 182 Å². The highest BCUT2D eigenvalue weighted by molar-refractivity contribution is 5.90. The van der Waals surface area contributed by atoms with Crippen molar-refractivity contribution in [3.8, 4) is 0 Å². The van der Waals surface area contributed by atoms with Crippen LogP contribution in [0.3, 0.4) is 0 Å². The summed E-state index contributed by atoms with van der Waals surface area (Å²) in [6.07, 6.45) is 5.55. The number of aryl methyl sites for hydroxylation is 2. The van der Waals surface area contributed by atoms with Gasteiger partial charge in [0.1, 0.15) is 35.9 Å². The summed E-state index contributed by atoms with van der Waals surface area (Å²) in [5.41, 5.74) is 2.86. The first-order valence-corrected chi connectivity index (χ1v) is 29.1. The van der Waals surface area contributed by atoms with E-state index in [-0.39, 0.29) is 24.5 Å². The Morgan fingerprint density at radius 2 is 1.38 bits per heavy atom. The number of ether oxygens (including phenoxy) is 12. The van der Waals surface area contributed by atoms with Gasteiger partial charge in [0.05, 0.1) is 54.4 Å². The monoisotopic (exact) mass is 1110 g/mol. The number of esters is 3. The van der Waals surface area contributed by atoms with Gasteiger partial charge in [-0.05, 0) is 107 Å². The summed E-state index contributed by atoms with van der Waals surface area (Å²) in [5, 5.41) is 13.2. The Balaban J connectivity index is 0.972. The van der Waals surface area contributed by atoms with Crippen LogP contribution in [0.15, 0.2) is 95.6 Å². The number of hydrogen-bond donors (Lipinski definition) is 1. The van der Waals surface area contributed by atoms with Gasteiger partial charge >= 0.3 is 17.9 Å². The minimum Gasteiger partial charge on any atom is -0.462 e. The number of carbonyl (C=O) groups is 3. The number of aliphatic hydroxyl groups is 1. The molecule has 0 aromatic heterocycles. The Labute approximate surface area is 472 Å². The zero-order valence-electron chi connectivity index (χ0n) is 48.8. The number of benzene rings is 2. The molecule has 438 valence electrons. The highest BCUT2D eigenvalue weighted by Crippen LogP contribution is 2.49. The van der Waals surface area contributed by atoms with Crippen LogP contribution >= 0.6 is 0 Å². The van der Waals surface area contributed by atoms with Gasteiger partial charge in [-0.15, -0.1) is 0 Å². The highest BCUT2D eigenvalue weighted by atomic mass is 16.7. The van der Waals surface area contributed by atoms with Crippen LogP contribution in [0.4, 0.5) is 0 Å². The van der Waals surface area contributed by atoms with Crippen LogP contribution in [0, 0.1) is 37.5 Å². The molecule has 2 bridgehead atoms. The van der Waals surface area contributed by atoms with Crippen LogP contribution in [0.1, 0.15) is 139 Å². The van der Waals surface area contributed by atoms with Crippen molar-refractivity contribution in [1.29, 1.82) is 0 Å². The molecule has 6 aliphatic heterocycles. The summed E-state index contributed by atoms with van der Waals surface area (Å²) in [6, 6.07) is 14.3. The van der Waals surface area contributed by atoms with Crippen molar-refractivity contribution in [1.82, 2.24) is 0 Å². The zero-order valence-corrected chi connectivity index (χ0v) is 48.8. The van der Waals surface area contributed by atoms with Crippen molar-refractivity contribution in [2.75, 3.05) is 20.8 Å². The van der Waals surface area contributed by atoms with E-state index in [1.54, 1.807) is 57.6 Å². The van der Waals surface area contributed by atoms with Crippen LogP contribution in [0.5, 0.6) is 0 Å². The molecule has 2 aromatic rings. The summed E-state index contributed by atoms with van der Waals surface area (Å²) in [4.78, 5) is 41.8. The lowest BCUT2D eigenvalue weighted by atomic mass is 9.70. The predicted molar refractivity (Wildman–Crippen MR) is 296 cm³/mol. The van der Waals surface area contributed by atoms with E-state index in [2.05, 4.69) is 33.8 Å². The van der Waals surface area contributed by atoms with Gasteiger partial charge in [0.25, 0.3) is 0 Å². The number of hydrogen-bond acceptors (Lipinski definition) is 16. The van der Waals surface area contributed by atoms with Gasteiger partial charge in [-0.1, -0.05) is 99.9 Å². The Kier molecular flexibility index (Phi) is 19.1. The van der Waals surface area contributed by atoms with Gasteiger partial charge in [0.15, 0.2) is 30.6 Å². The highest BCUT2D eigenvalue weighted by Gasteiger charge is 2.61. The molecule has 0 amide bonds. The average molecular weight is 1110 g/mol. The fraction of sp³-hybridized carbons (Fsp3) is 0.641. The molecular formula is C64H86O16. The predicted octanol–water partition coefficient (Wildman–Crippen LogP) is 9.95. The fourth-order valence-electron chi connectivity index (χ4n) is 13.0. The van der Waals surface area contributed by atoms with Crippen LogP contribution in [0.25, 0.3) is 0 Å². The standard InChI is InChI=1S/C64H86O16/c1-13-37(4)55-40(7)27-28-63(80-55)33-48-30-47(79-63)26-21-39(6)54(38(5)15-14-16-46-34-71-59-56(77-60(65)44-22-17-35(2)18-23-44)41(8)29-49(62(67)74-48)64(46,59)68)75-52-31-50(69-11)57(42(9)72-52)76-53-32-51(70-12)58(43(10)73-53)78-61(66)45-24-19-36(3)20-25-45/h14-25,29,37-38,40,42-43,47-59,68H,13,26-28,30-34H2,1-12H3/b15-14+,39-21+,46-16+/t37-,38-,40-,42-,43-,47+,48-,49-,50-,51-,52-,53-,54-,55+,56+,57-,58-,59+,63+,64+/m0/s1. The summed E-state index contributed by atoms with van der Waals surface area (Å²) in [5.74, 6) is -3.46. The van der Waals surface area contributed by atoms with Crippen molar-refractivity contribution in [3.63, 3.8) is 0 Å². The fourth-order valence-corrected chi connectivity index (χ4v) is 13.0. The normalized spacial score (nSPS) is 40.7. The second-order valence-corrected chi connectivity index (χ2v) is 23.8. The molecule has 9 rings (SSSR count). The van der Waals surface area contributed by atoms with E-state index in [1.165, 1.54) is 0 Å². The number of fused-ring (bicyclic) bond motifs is 2. The summed E-state index contributed by atoms with van der Waals surface area (Å²) >= 11 is 0. The first kappa shape index (κ1) is 60.0. The van der Waals surface area contributed by atoms with Gasteiger partial charge in [0.2, 0.25) is 0 Å². The molecular weight excluding hydrogens is 1020 g/mol. The SMILES string of the molecule is CC[C@H](C)[C@H]1O[C@]2(CC[C@@H]1C)C[C@@H]1C[C@@H](C/C=C(\C)[C@@H](O[C@H]3C[C@H](OC)[C@@H](O[C@H]4C[C@H](OC)[C@@H](OC(=O)c5ccc(C)cc5)[C@H](C)O4)[C@H](C)O3)[C@@H](C)/C=C/C=C3\CO[C@@H]4[C@H](OC(=O)c5ccc(C)cc5)C(C)=C[C@@H](C(=O)O1)[C@]34O)O2. The molecule has 1 aliphatic carbocycles. The summed E-state index contributed by atoms with van der Waals surface area (Å²) in [6.45, 7) is 20.2. The molecule has 0 radical (unpaired) electrons. The maximum atomic E-state index is 14.9. The van der Waals surface area contributed by atoms with Gasteiger partial charge in [-0.25, -0.2) is 9.59 Å². The van der Waals surface area contributed by atoms with Crippen LogP contribution in [0.2, 0.25) is 0 Å². The lowest BCUT2D eigenvalue weighted by molar-refractivity contribution is -0.340. The van der Waals surface area contributed by atoms with Gasteiger partial charge in [-0.2, -0.15) is 0 Å². The third kappa shape index (κ3) is 12.9. The van der Waals surface area contributed by atoms with E-state index in [0.717, 1.165) is 29.5 Å². The molecule has 16 nitrogen and oxygen atoms in total. The first-order valence-electron chi connectivity index (χ1n) is 29.1. The third-order valence-electron chi connectivity index (χ3n) is 17.9. The molecule has 1 spiro atoms. The molecule has 1 N–H and O–H groups in total. The minimum absolute atomic E-state index is 0.0257. The number of rotatable bonds is 12. The molecule has 0 unspecified atom stereocenters. The average Bonchev–Trinajstić information content (AvgIpc) is 3.77. The van der Waals surface area contributed by atoms with Gasteiger partial charge in [-0.3, -0.25) is 4.79 Å². The lowest BCUT2D eigenvalue weighted by Crippen LogP contribution is -2.59. The Morgan fingerprint density at radius 1 is 0.762 bits per heavy atom. The maximum Gasteiger partial charge on any atom is 0.338 e. The number of methoxy groups -OCH3 is 2. The Morgan fingerprint density at radius 3 is 2.01 bits per heavy atom. The molecule has 80 heavy (non-hydrogen) atoms. The second kappa shape index (κ2) is 25.5. The molecule has 0 saturated carbocycles. The quantitative estimate of drug-likeness (QED) is 0.120. The molecule has 2 aromatic carbocycles. The summed E-state index contributed by atoms with van der Waals surface area (Å²) in [7, 11) is 3.24. The Bertz CT molecular complexity index is 2610. The van der Waals surface area contributed by atoms with E-state index in [9.17, 15) is 19.5 Å². The molecule has 6 heterocycles. The van der Waals surface area contributed by atoms with Gasteiger partial charge < -0.3 is 61.9 Å². The zero-order chi connectivity index (χ0) is 57.2. The minimum atomic E-state index is -1.94. The molecule has 5 saturated heterocycles. The molecule has 5 fully saturated rings. The van der Waals surface area contributed by atoms with Crippen molar-refractivity contribution in [2.45, 2.75) is 218 Å². The van der Waals surface area contributed by atoms with Gasteiger partial charge in [0, 0.05) is 52.2 Å². The van der Waals surface area contributed by atoms with E-state index < -0.39 is 115 Å². The van der Waals surface area contributed by atoms with E-state index in [1.807, 2.05) is 71.0 Å². The molecule has 7 aliphatic rings. The third-order valence-corrected chi connectivity index (χ3v) is 17.9. The van der Waals surface area contributed by atoms with Crippen LogP contribution < -0.4 is 0 Å². The summed E-state index contributed by atoms with van der Waals surface area (Å²) < 4.78 is 78.1. The van der Waals surface area contributed by atoms with Crippen LogP contribution in [-0.2, 0) is 61.6 Å². The van der Waals surface area contributed by atoms with Crippen molar-refractivity contribution in [3.05, 3.63) is 118 Å². The van der Waals surface area contributed by atoms with E-state index >= 15 is 0 Å². The molecule has 16 heteroatoms. The van der Waals surface area contributed by atoms with E-state index in [4.69, 9.17) is 56.8 Å². The lowest BCUT2D eigenvalue weighted by Gasteiger charge is -2.51. The van der Waals surface area contributed by atoms with Crippen molar-refractivity contribution < 1.29 is 76.3 Å². The maximum absolute atomic E-state index is 14.9.